The fourth-order valence-electron chi connectivity index (χ4n) is 7.58. The van der Waals surface area contributed by atoms with Crippen molar-refractivity contribution < 1.29 is 9.59 Å². The lowest BCUT2D eigenvalue weighted by molar-refractivity contribution is -0.146. The lowest BCUT2D eigenvalue weighted by Crippen LogP contribution is -2.54. The van der Waals surface area contributed by atoms with Crippen LogP contribution in [0.15, 0.2) is 0 Å². The highest BCUT2D eigenvalue weighted by atomic mass is 16.2. The number of nitrogens with one attached hydrogen (secondary N) is 2. The van der Waals surface area contributed by atoms with Crippen molar-refractivity contribution >= 4 is 11.8 Å². The lowest BCUT2D eigenvalue weighted by Gasteiger charge is -2.55. The van der Waals surface area contributed by atoms with E-state index in [0.717, 1.165) is 49.9 Å². The van der Waals surface area contributed by atoms with Gasteiger partial charge in [-0.3, -0.25) is 9.59 Å². The number of hydrogen-bond acceptors (Lipinski definition) is 3. The minimum atomic E-state index is -0.0993. The Morgan fingerprint density at radius 3 is 2.07 bits per heavy atom. The first-order valence-electron chi connectivity index (χ1n) is 11.3. The van der Waals surface area contributed by atoms with Crippen LogP contribution < -0.4 is 10.6 Å². The summed E-state index contributed by atoms with van der Waals surface area (Å²) in [4.78, 5) is 27.6. The number of hydrogen-bond donors (Lipinski definition) is 2. The van der Waals surface area contributed by atoms with Gasteiger partial charge in [0.25, 0.3) is 0 Å². The summed E-state index contributed by atoms with van der Waals surface area (Å²) >= 11 is 0. The largest absolute Gasteiger partial charge is 0.355 e. The molecule has 6 fully saturated rings. The van der Waals surface area contributed by atoms with Gasteiger partial charge in [-0.1, -0.05) is 0 Å². The first kappa shape index (κ1) is 18.0. The minimum Gasteiger partial charge on any atom is -0.355 e. The second kappa shape index (κ2) is 6.75. The Morgan fingerprint density at radius 1 is 0.963 bits per heavy atom. The maximum atomic E-state index is 13.0. The van der Waals surface area contributed by atoms with Crippen LogP contribution in [0.1, 0.15) is 70.6 Å². The van der Waals surface area contributed by atoms with E-state index in [1.54, 1.807) is 0 Å². The van der Waals surface area contributed by atoms with Crippen LogP contribution in [0.5, 0.6) is 0 Å². The van der Waals surface area contributed by atoms with Crippen molar-refractivity contribution in [2.45, 2.75) is 88.8 Å². The van der Waals surface area contributed by atoms with Crippen LogP contribution >= 0.6 is 0 Å². The molecule has 2 amide bonds. The maximum Gasteiger partial charge on any atom is 0.226 e. The smallest absolute Gasteiger partial charge is 0.226 e. The fourth-order valence-corrected chi connectivity index (χ4v) is 7.58. The molecular formula is C22H35N3O2. The van der Waals surface area contributed by atoms with Gasteiger partial charge in [0, 0.05) is 43.6 Å². The van der Waals surface area contributed by atoms with Gasteiger partial charge >= 0.3 is 0 Å². The summed E-state index contributed by atoms with van der Waals surface area (Å²) in [5, 5.41) is 6.80. The number of carbonyl (C=O) groups is 2. The predicted molar refractivity (Wildman–Crippen MR) is 104 cm³/mol. The SMILES string of the molecule is CN(C(=O)CCNC(=O)C12CC3CC(CC(C3)C1)C2)C1CC2CCC(C1)N2. The summed E-state index contributed by atoms with van der Waals surface area (Å²) in [6, 6.07) is 1.56. The first-order chi connectivity index (χ1) is 13.0. The Hall–Kier alpha value is -1.10. The predicted octanol–water partition coefficient (Wildman–Crippen LogP) is 2.45. The van der Waals surface area contributed by atoms with Gasteiger partial charge in [0.15, 0.2) is 0 Å². The van der Waals surface area contributed by atoms with Crippen molar-refractivity contribution in [1.29, 1.82) is 0 Å². The Morgan fingerprint density at radius 2 is 1.52 bits per heavy atom. The van der Waals surface area contributed by atoms with Crippen LogP contribution in [-0.4, -0.2) is 48.4 Å². The van der Waals surface area contributed by atoms with Gasteiger partial charge in [-0.05, 0) is 82.0 Å². The van der Waals surface area contributed by atoms with Gasteiger partial charge in [0.2, 0.25) is 11.8 Å². The van der Waals surface area contributed by atoms with E-state index < -0.39 is 0 Å². The molecule has 0 radical (unpaired) electrons. The average Bonchev–Trinajstić information content (AvgIpc) is 2.97. The second-order valence-corrected chi connectivity index (χ2v) is 10.5. The summed E-state index contributed by atoms with van der Waals surface area (Å²) in [6.07, 6.45) is 12.5. The molecule has 5 heteroatoms. The summed E-state index contributed by atoms with van der Waals surface area (Å²) in [5.74, 6) is 2.78. The van der Waals surface area contributed by atoms with Crippen LogP contribution in [0.25, 0.3) is 0 Å². The molecule has 2 saturated heterocycles. The lowest BCUT2D eigenvalue weighted by atomic mass is 9.49. The standard InChI is InChI=1S/C22H35N3O2/c1-25(19-9-17-2-3-18(10-19)24-17)20(26)4-5-23-21(27)22-11-14-6-15(12-22)8-16(7-14)13-22/h14-19,24H,2-13H2,1H3,(H,23,27). The Kier molecular flexibility index (Phi) is 4.49. The van der Waals surface area contributed by atoms with E-state index in [1.807, 2.05) is 11.9 Å². The fraction of sp³-hybridized carbons (Fsp3) is 0.909. The summed E-state index contributed by atoms with van der Waals surface area (Å²) in [5.41, 5.74) is -0.0993. The van der Waals surface area contributed by atoms with Crippen LogP contribution in [0, 0.1) is 23.2 Å². The molecule has 4 saturated carbocycles. The van der Waals surface area contributed by atoms with Gasteiger partial charge in [0.05, 0.1) is 0 Å². The molecule has 5 nitrogen and oxygen atoms in total. The number of rotatable bonds is 5. The van der Waals surface area contributed by atoms with E-state index in [2.05, 4.69) is 10.6 Å². The molecule has 0 aromatic rings. The molecule has 2 atom stereocenters. The quantitative estimate of drug-likeness (QED) is 0.778. The number of piperidine rings is 1. The van der Waals surface area contributed by atoms with E-state index in [1.165, 1.54) is 32.1 Å². The first-order valence-corrected chi connectivity index (χ1v) is 11.3. The Balaban J connectivity index is 1.11. The van der Waals surface area contributed by atoms with Crippen molar-refractivity contribution in [1.82, 2.24) is 15.5 Å². The number of nitrogens with zero attached hydrogens (tertiary/aromatic N) is 1. The zero-order chi connectivity index (χ0) is 18.6. The Labute approximate surface area is 163 Å². The van der Waals surface area contributed by atoms with Crippen molar-refractivity contribution in [2.75, 3.05) is 13.6 Å². The average molecular weight is 374 g/mol. The maximum absolute atomic E-state index is 13.0. The normalized spacial score (nSPS) is 44.3. The molecule has 0 spiro atoms. The monoisotopic (exact) mass is 373 g/mol. The van der Waals surface area contributed by atoms with Crippen LogP contribution in [0.2, 0.25) is 0 Å². The molecular weight excluding hydrogens is 338 g/mol. The second-order valence-electron chi connectivity index (χ2n) is 10.5. The molecule has 2 aliphatic heterocycles. The molecule has 0 aromatic heterocycles. The van der Waals surface area contributed by atoms with Crippen molar-refractivity contribution in [3.05, 3.63) is 0 Å². The highest BCUT2D eigenvalue weighted by Gasteiger charge is 2.54. The molecule has 2 N–H and O–H groups in total. The van der Waals surface area contributed by atoms with Crippen molar-refractivity contribution in [3.8, 4) is 0 Å². The summed E-state index contributed by atoms with van der Waals surface area (Å²) in [7, 11) is 1.96. The van der Waals surface area contributed by atoms with E-state index >= 15 is 0 Å². The van der Waals surface area contributed by atoms with E-state index in [-0.39, 0.29) is 17.2 Å². The number of fused-ring (bicyclic) bond motifs is 2. The van der Waals surface area contributed by atoms with Gasteiger partial charge in [0.1, 0.15) is 0 Å². The third-order valence-corrected chi connectivity index (χ3v) is 8.53. The molecule has 2 unspecified atom stereocenters. The summed E-state index contributed by atoms with van der Waals surface area (Å²) < 4.78 is 0. The van der Waals surface area contributed by atoms with Crippen LogP contribution in [0.3, 0.4) is 0 Å². The van der Waals surface area contributed by atoms with Gasteiger partial charge in [-0.15, -0.1) is 0 Å². The summed E-state index contributed by atoms with van der Waals surface area (Å²) in [6.45, 7) is 0.502. The van der Waals surface area contributed by atoms with Gasteiger partial charge < -0.3 is 15.5 Å². The molecule has 6 bridgehead atoms. The third kappa shape index (κ3) is 3.30. The van der Waals surface area contributed by atoms with Crippen molar-refractivity contribution in [2.24, 2.45) is 23.2 Å². The van der Waals surface area contributed by atoms with Crippen LogP contribution in [0.4, 0.5) is 0 Å². The molecule has 6 rings (SSSR count). The van der Waals surface area contributed by atoms with E-state index in [9.17, 15) is 9.59 Å². The minimum absolute atomic E-state index is 0.0993. The molecule has 27 heavy (non-hydrogen) atoms. The topological polar surface area (TPSA) is 61.4 Å². The van der Waals surface area contributed by atoms with E-state index in [4.69, 9.17) is 0 Å². The highest BCUT2D eigenvalue weighted by molar-refractivity contribution is 5.84. The number of carbonyl (C=O) groups excluding carboxylic acids is 2. The molecule has 2 heterocycles. The highest BCUT2D eigenvalue weighted by Crippen LogP contribution is 2.60. The van der Waals surface area contributed by atoms with Crippen molar-refractivity contribution in [3.63, 3.8) is 0 Å². The molecule has 0 aromatic carbocycles. The number of amides is 2. The van der Waals surface area contributed by atoms with E-state index in [0.29, 0.717) is 31.1 Å². The van der Waals surface area contributed by atoms with Gasteiger partial charge in [-0.2, -0.15) is 0 Å². The Bertz CT molecular complexity index is 571. The van der Waals surface area contributed by atoms with Crippen LogP contribution in [-0.2, 0) is 9.59 Å². The third-order valence-electron chi connectivity index (χ3n) is 8.53. The molecule has 6 aliphatic rings. The molecule has 4 aliphatic carbocycles. The zero-order valence-corrected chi connectivity index (χ0v) is 16.7. The van der Waals surface area contributed by atoms with Gasteiger partial charge in [-0.25, -0.2) is 0 Å². The zero-order valence-electron chi connectivity index (χ0n) is 16.7. The molecule has 150 valence electrons.